The number of nitrogens with zero attached hydrogens (tertiary/aromatic N) is 5. The lowest BCUT2D eigenvalue weighted by atomic mass is 10.0. The second-order valence-corrected chi connectivity index (χ2v) is 5.90. The van der Waals surface area contributed by atoms with Crippen molar-refractivity contribution in [2.24, 2.45) is 0 Å². The standard InChI is InChI=1S/C15H22N6/c1-10(2)14-18-15(20-19-14)12-6-4-5-9-21(12)13-7-8-16-11(3)17-13/h7-8,10,12H,4-6,9H2,1-3H3,(H,18,19,20)/t12-/m1/s1. The zero-order valence-corrected chi connectivity index (χ0v) is 12.9. The molecular formula is C15H22N6. The van der Waals surface area contributed by atoms with Gasteiger partial charge in [-0.25, -0.2) is 15.0 Å². The summed E-state index contributed by atoms with van der Waals surface area (Å²) in [4.78, 5) is 15.8. The first-order valence-corrected chi connectivity index (χ1v) is 7.63. The molecule has 112 valence electrons. The van der Waals surface area contributed by atoms with Gasteiger partial charge in [-0.2, -0.15) is 5.10 Å². The smallest absolute Gasteiger partial charge is 0.153 e. The fourth-order valence-corrected chi connectivity index (χ4v) is 2.79. The first-order valence-electron chi connectivity index (χ1n) is 7.63. The van der Waals surface area contributed by atoms with Crippen LogP contribution in [0.3, 0.4) is 0 Å². The maximum absolute atomic E-state index is 4.68. The predicted octanol–water partition coefficient (Wildman–Crippen LogP) is 2.76. The minimum atomic E-state index is 0.230. The second kappa shape index (κ2) is 5.79. The van der Waals surface area contributed by atoms with Crippen LogP contribution in [0.25, 0.3) is 0 Å². The molecule has 1 aliphatic rings. The normalized spacial score (nSPS) is 19.2. The predicted molar refractivity (Wildman–Crippen MR) is 81.2 cm³/mol. The van der Waals surface area contributed by atoms with Gasteiger partial charge in [0.25, 0.3) is 0 Å². The van der Waals surface area contributed by atoms with Crippen molar-refractivity contribution >= 4 is 5.82 Å². The van der Waals surface area contributed by atoms with Crippen molar-refractivity contribution in [1.82, 2.24) is 25.1 Å². The van der Waals surface area contributed by atoms with Crippen molar-refractivity contribution in [3.63, 3.8) is 0 Å². The number of aromatic nitrogens is 5. The molecule has 6 nitrogen and oxygen atoms in total. The van der Waals surface area contributed by atoms with Gasteiger partial charge in [-0.05, 0) is 32.3 Å². The molecule has 3 rings (SSSR count). The number of rotatable bonds is 3. The van der Waals surface area contributed by atoms with Gasteiger partial charge in [-0.15, -0.1) is 0 Å². The van der Waals surface area contributed by atoms with Gasteiger partial charge >= 0.3 is 0 Å². The van der Waals surface area contributed by atoms with Crippen molar-refractivity contribution in [1.29, 1.82) is 0 Å². The van der Waals surface area contributed by atoms with E-state index in [-0.39, 0.29) is 6.04 Å². The summed E-state index contributed by atoms with van der Waals surface area (Å²) in [5, 5.41) is 7.47. The van der Waals surface area contributed by atoms with E-state index < -0.39 is 0 Å². The molecule has 0 amide bonds. The number of anilines is 1. The number of hydrogen-bond donors (Lipinski definition) is 1. The van der Waals surface area contributed by atoms with Crippen molar-refractivity contribution in [3.05, 3.63) is 29.7 Å². The molecule has 1 saturated heterocycles. The molecule has 2 aromatic rings. The summed E-state index contributed by atoms with van der Waals surface area (Å²) in [6.07, 6.45) is 5.30. The highest BCUT2D eigenvalue weighted by atomic mass is 15.3. The van der Waals surface area contributed by atoms with Gasteiger partial charge < -0.3 is 4.90 Å². The van der Waals surface area contributed by atoms with Crippen LogP contribution in [0.5, 0.6) is 0 Å². The molecule has 3 heterocycles. The summed E-state index contributed by atoms with van der Waals surface area (Å²) in [5.41, 5.74) is 0. The molecule has 1 fully saturated rings. The summed E-state index contributed by atoms with van der Waals surface area (Å²) >= 11 is 0. The van der Waals surface area contributed by atoms with Crippen molar-refractivity contribution in [2.45, 2.75) is 52.0 Å². The Kier molecular flexibility index (Phi) is 3.86. The Morgan fingerprint density at radius 3 is 2.86 bits per heavy atom. The Balaban J connectivity index is 1.90. The van der Waals surface area contributed by atoms with Gasteiger partial charge in [-0.3, -0.25) is 5.10 Å². The largest absolute Gasteiger partial charge is 0.346 e. The summed E-state index contributed by atoms with van der Waals surface area (Å²) in [6, 6.07) is 2.21. The van der Waals surface area contributed by atoms with E-state index in [1.165, 1.54) is 12.8 Å². The van der Waals surface area contributed by atoms with Crippen LogP contribution < -0.4 is 4.90 Å². The Hall–Kier alpha value is -1.98. The van der Waals surface area contributed by atoms with Gasteiger partial charge in [0.15, 0.2) is 5.82 Å². The highest BCUT2D eigenvalue weighted by Gasteiger charge is 2.28. The minimum Gasteiger partial charge on any atom is -0.346 e. The molecule has 1 N–H and O–H groups in total. The van der Waals surface area contributed by atoms with Crippen molar-refractivity contribution < 1.29 is 0 Å². The number of aryl methyl sites for hydroxylation is 1. The monoisotopic (exact) mass is 286 g/mol. The molecule has 0 radical (unpaired) electrons. The third-order valence-electron chi connectivity index (χ3n) is 3.91. The van der Waals surface area contributed by atoms with E-state index in [9.17, 15) is 0 Å². The maximum Gasteiger partial charge on any atom is 0.153 e. The third-order valence-corrected chi connectivity index (χ3v) is 3.91. The van der Waals surface area contributed by atoms with Gasteiger partial charge in [-0.1, -0.05) is 13.8 Å². The molecule has 0 saturated carbocycles. The van der Waals surface area contributed by atoms with Crippen molar-refractivity contribution in [3.8, 4) is 0 Å². The zero-order chi connectivity index (χ0) is 14.8. The van der Waals surface area contributed by atoms with Crippen LogP contribution in [0.1, 0.15) is 62.5 Å². The Bertz CT molecular complexity index is 606. The summed E-state index contributed by atoms with van der Waals surface area (Å²) < 4.78 is 0. The van der Waals surface area contributed by atoms with E-state index in [0.717, 1.165) is 36.3 Å². The summed E-state index contributed by atoms with van der Waals surface area (Å²) in [7, 11) is 0. The molecule has 0 aliphatic carbocycles. The highest BCUT2D eigenvalue weighted by molar-refractivity contribution is 5.40. The van der Waals surface area contributed by atoms with Gasteiger partial charge in [0, 0.05) is 18.7 Å². The molecule has 21 heavy (non-hydrogen) atoms. The van der Waals surface area contributed by atoms with Crippen LogP contribution in [-0.2, 0) is 0 Å². The quantitative estimate of drug-likeness (QED) is 0.939. The Morgan fingerprint density at radius 1 is 1.29 bits per heavy atom. The van der Waals surface area contributed by atoms with Gasteiger partial charge in [0.05, 0.1) is 6.04 Å². The molecule has 1 aliphatic heterocycles. The van der Waals surface area contributed by atoms with Crippen molar-refractivity contribution in [2.75, 3.05) is 11.4 Å². The molecule has 0 bridgehead atoms. The van der Waals surface area contributed by atoms with Gasteiger partial charge in [0.2, 0.25) is 0 Å². The van der Waals surface area contributed by atoms with Crippen LogP contribution in [0.15, 0.2) is 12.3 Å². The number of nitrogens with one attached hydrogen (secondary N) is 1. The van der Waals surface area contributed by atoms with E-state index in [1.54, 1.807) is 0 Å². The molecule has 1 atom stereocenters. The highest BCUT2D eigenvalue weighted by Crippen LogP contribution is 2.32. The number of H-pyrrole nitrogens is 1. The fraction of sp³-hybridized carbons (Fsp3) is 0.600. The first-order chi connectivity index (χ1) is 10.1. The molecule has 0 spiro atoms. The van der Waals surface area contributed by atoms with Crippen LogP contribution in [0.4, 0.5) is 5.82 Å². The number of aromatic amines is 1. The topological polar surface area (TPSA) is 70.6 Å². The Labute approximate surface area is 125 Å². The van der Waals surface area contributed by atoms with E-state index in [2.05, 4.69) is 43.9 Å². The van der Waals surface area contributed by atoms with E-state index in [0.29, 0.717) is 5.92 Å². The first kappa shape index (κ1) is 14.0. The number of piperidine rings is 1. The van der Waals surface area contributed by atoms with Gasteiger partial charge in [0.1, 0.15) is 17.5 Å². The molecule has 2 aromatic heterocycles. The second-order valence-electron chi connectivity index (χ2n) is 5.90. The third kappa shape index (κ3) is 2.89. The molecular weight excluding hydrogens is 264 g/mol. The summed E-state index contributed by atoms with van der Waals surface area (Å²) in [5.74, 6) is 3.96. The Morgan fingerprint density at radius 2 is 2.14 bits per heavy atom. The summed E-state index contributed by atoms with van der Waals surface area (Å²) in [6.45, 7) is 7.14. The average molecular weight is 286 g/mol. The molecule has 6 heteroatoms. The lowest BCUT2D eigenvalue weighted by molar-refractivity contribution is 0.453. The molecule has 0 aromatic carbocycles. The SMILES string of the molecule is Cc1nccc(N2CCCC[C@@H]2c2nc(C(C)C)n[nH]2)n1. The minimum absolute atomic E-state index is 0.230. The zero-order valence-electron chi connectivity index (χ0n) is 12.9. The molecule has 0 unspecified atom stereocenters. The van der Waals surface area contributed by atoms with Crippen LogP contribution in [0.2, 0.25) is 0 Å². The lowest BCUT2D eigenvalue weighted by Gasteiger charge is -2.35. The maximum atomic E-state index is 4.68. The van der Waals surface area contributed by atoms with Crippen LogP contribution in [0, 0.1) is 6.92 Å². The van der Waals surface area contributed by atoms with Crippen LogP contribution in [-0.4, -0.2) is 31.7 Å². The number of hydrogen-bond acceptors (Lipinski definition) is 5. The van der Waals surface area contributed by atoms with Crippen LogP contribution >= 0.6 is 0 Å². The van der Waals surface area contributed by atoms with E-state index in [4.69, 9.17) is 0 Å². The van der Waals surface area contributed by atoms with E-state index in [1.807, 2.05) is 19.2 Å². The average Bonchev–Trinajstić information content (AvgIpc) is 2.97. The van der Waals surface area contributed by atoms with E-state index >= 15 is 0 Å². The lowest BCUT2D eigenvalue weighted by Crippen LogP contribution is -2.34. The fourth-order valence-electron chi connectivity index (χ4n) is 2.79.